The Morgan fingerprint density at radius 1 is 1.31 bits per heavy atom. The molecular formula is C14H20BrN. The van der Waals surface area contributed by atoms with Gasteiger partial charge in [-0.25, -0.2) is 0 Å². The van der Waals surface area contributed by atoms with Gasteiger partial charge in [0, 0.05) is 10.5 Å². The molecule has 1 aliphatic carbocycles. The van der Waals surface area contributed by atoms with E-state index in [4.69, 9.17) is 0 Å². The van der Waals surface area contributed by atoms with Gasteiger partial charge in [0.15, 0.2) is 0 Å². The lowest BCUT2D eigenvalue weighted by atomic mass is 9.76. The zero-order valence-electron chi connectivity index (χ0n) is 9.88. The van der Waals surface area contributed by atoms with Crippen LogP contribution in [0.25, 0.3) is 0 Å². The molecule has 2 rings (SSSR count). The molecule has 1 fully saturated rings. The van der Waals surface area contributed by atoms with Crippen LogP contribution in [0.15, 0.2) is 28.7 Å². The lowest BCUT2D eigenvalue weighted by Crippen LogP contribution is -2.40. The van der Waals surface area contributed by atoms with Gasteiger partial charge in [-0.05, 0) is 43.4 Å². The van der Waals surface area contributed by atoms with Crippen LogP contribution in [0.4, 0.5) is 0 Å². The predicted octanol–water partition coefficient (Wildman–Crippen LogP) is 4.08. The highest BCUT2D eigenvalue weighted by Gasteiger charge is 2.30. The zero-order valence-corrected chi connectivity index (χ0v) is 11.5. The van der Waals surface area contributed by atoms with Crippen LogP contribution in [0.3, 0.4) is 0 Å². The van der Waals surface area contributed by atoms with Crippen molar-refractivity contribution in [1.82, 2.24) is 5.32 Å². The summed E-state index contributed by atoms with van der Waals surface area (Å²) in [7, 11) is 0. The van der Waals surface area contributed by atoms with Crippen LogP contribution in [0.5, 0.6) is 0 Å². The van der Waals surface area contributed by atoms with E-state index in [0.717, 1.165) is 12.0 Å². The molecule has 0 bridgehead atoms. The highest BCUT2D eigenvalue weighted by atomic mass is 79.9. The van der Waals surface area contributed by atoms with Crippen molar-refractivity contribution in [2.75, 3.05) is 6.54 Å². The van der Waals surface area contributed by atoms with Crippen molar-refractivity contribution in [3.8, 4) is 0 Å². The Morgan fingerprint density at radius 2 is 2.06 bits per heavy atom. The molecular weight excluding hydrogens is 262 g/mol. The fraction of sp³-hybridized carbons (Fsp3) is 0.571. The van der Waals surface area contributed by atoms with E-state index in [0.29, 0.717) is 0 Å². The maximum absolute atomic E-state index is 3.63. The van der Waals surface area contributed by atoms with E-state index < -0.39 is 0 Å². The maximum atomic E-state index is 3.63. The average molecular weight is 282 g/mol. The number of halogens is 1. The van der Waals surface area contributed by atoms with Crippen LogP contribution in [0, 0.1) is 0 Å². The van der Waals surface area contributed by atoms with E-state index in [2.05, 4.69) is 52.4 Å². The molecule has 1 nitrogen and oxygen atoms in total. The lowest BCUT2D eigenvalue weighted by Gasteiger charge is -2.37. The summed E-state index contributed by atoms with van der Waals surface area (Å²) < 4.78 is 1.27. The number of rotatable bonds is 5. The molecule has 0 saturated heterocycles. The van der Waals surface area contributed by atoms with Crippen LogP contribution in [-0.2, 0) is 0 Å². The minimum atomic E-state index is 0.753. The molecule has 0 aromatic heterocycles. The third kappa shape index (κ3) is 2.86. The highest BCUT2D eigenvalue weighted by molar-refractivity contribution is 9.10. The van der Waals surface area contributed by atoms with Crippen molar-refractivity contribution in [2.45, 2.75) is 44.6 Å². The highest BCUT2D eigenvalue weighted by Crippen LogP contribution is 2.39. The first-order valence-corrected chi connectivity index (χ1v) is 7.08. The minimum absolute atomic E-state index is 0.753. The molecule has 0 heterocycles. The van der Waals surface area contributed by atoms with Crippen molar-refractivity contribution in [2.24, 2.45) is 0 Å². The summed E-state index contributed by atoms with van der Waals surface area (Å²) in [5.74, 6) is 0.759. The summed E-state index contributed by atoms with van der Waals surface area (Å²) in [4.78, 5) is 0. The summed E-state index contributed by atoms with van der Waals surface area (Å²) in [6.07, 6.45) is 5.18. The summed E-state index contributed by atoms with van der Waals surface area (Å²) in [6.45, 7) is 3.43. The smallest absolute Gasteiger partial charge is 0.0210 e. The zero-order chi connectivity index (χ0) is 11.4. The normalized spacial score (nSPS) is 24.1. The molecule has 0 atom stereocenters. The quantitative estimate of drug-likeness (QED) is 0.802. The Bertz CT molecular complexity index is 331. The molecule has 2 heteroatoms. The third-order valence-electron chi connectivity index (χ3n) is 3.45. The minimum Gasteiger partial charge on any atom is -0.314 e. The van der Waals surface area contributed by atoms with E-state index in [1.54, 1.807) is 0 Å². The van der Waals surface area contributed by atoms with Crippen molar-refractivity contribution >= 4 is 15.9 Å². The number of hydrogen-bond donors (Lipinski definition) is 1. The molecule has 0 spiro atoms. The first-order chi connectivity index (χ1) is 7.81. The third-order valence-corrected chi connectivity index (χ3v) is 4.17. The molecule has 16 heavy (non-hydrogen) atoms. The van der Waals surface area contributed by atoms with Crippen LogP contribution in [0.2, 0.25) is 0 Å². The number of benzene rings is 1. The number of unbranched alkanes of at least 4 members (excludes halogenated alkanes) is 1. The Balaban J connectivity index is 1.78. The standard InChI is InChI=1S/C14H20BrN/c1-2-3-8-16-12-9-11(10-12)13-6-4-5-7-14(13)15/h4-7,11-12,16H,2-3,8-10H2,1H3. The van der Waals surface area contributed by atoms with Gasteiger partial charge in [0.1, 0.15) is 0 Å². The van der Waals surface area contributed by atoms with Gasteiger partial charge in [0.25, 0.3) is 0 Å². The van der Waals surface area contributed by atoms with Gasteiger partial charge in [-0.1, -0.05) is 47.5 Å². The fourth-order valence-corrected chi connectivity index (χ4v) is 2.94. The molecule has 1 saturated carbocycles. The SMILES string of the molecule is CCCCNC1CC(c2ccccc2Br)C1. The average Bonchev–Trinajstić information content (AvgIpc) is 2.23. The first-order valence-electron chi connectivity index (χ1n) is 6.29. The second-order valence-electron chi connectivity index (χ2n) is 4.69. The Labute approximate surface area is 107 Å². The molecule has 1 aromatic carbocycles. The summed E-state index contributed by atoms with van der Waals surface area (Å²) >= 11 is 3.63. The van der Waals surface area contributed by atoms with E-state index in [1.165, 1.54) is 42.3 Å². The Hall–Kier alpha value is -0.340. The van der Waals surface area contributed by atoms with Crippen molar-refractivity contribution < 1.29 is 0 Å². The van der Waals surface area contributed by atoms with Gasteiger partial charge in [0.2, 0.25) is 0 Å². The lowest BCUT2D eigenvalue weighted by molar-refractivity contribution is 0.290. The molecule has 0 amide bonds. The largest absolute Gasteiger partial charge is 0.314 e. The molecule has 0 radical (unpaired) electrons. The molecule has 1 aliphatic rings. The second-order valence-corrected chi connectivity index (χ2v) is 5.55. The van der Waals surface area contributed by atoms with Crippen LogP contribution >= 0.6 is 15.9 Å². The van der Waals surface area contributed by atoms with Gasteiger partial charge < -0.3 is 5.32 Å². The summed E-state index contributed by atoms with van der Waals surface area (Å²) in [6, 6.07) is 9.37. The van der Waals surface area contributed by atoms with Crippen LogP contribution in [-0.4, -0.2) is 12.6 Å². The fourth-order valence-electron chi connectivity index (χ4n) is 2.33. The van der Waals surface area contributed by atoms with E-state index in [-0.39, 0.29) is 0 Å². The number of hydrogen-bond acceptors (Lipinski definition) is 1. The van der Waals surface area contributed by atoms with Gasteiger partial charge >= 0.3 is 0 Å². The van der Waals surface area contributed by atoms with Crippen molar-refractivity contribution in [3.63, 3.8) is 0 Å². The first kappa shape index (κ1) is 12.1. The van der Waals surface area contributed by atoms with Gasteiger partial charge in [-0.15, -0.1) is 0 Å². The molecule has 0 unspecified atom stereocenters. The van der Waals surface area contributed by atoms with E-state index >= 15 is 0 Å². The van der Waals surface area contributed by atoms with Crippen molar-refractivity contribution in [3.05, 3.63) is 34.3 Å². The summed E-state index contributed by atoms with van der Waals surface area (Å²) in [5, 5.41) is 3.62. The summed E-state index contributed by atoms with van der Waals surface area (Å²) in [5.41, 5.74) is 1.48. The molecule has 88 valence electrons. The van der Waals surface area contributed by atoms with Gasteiger partial charge in [-0.2, -0.15) is 0 Å². The maximum Gasteiger partial charge on any atom is 0.0210 e. The Kier molecular flexibility index (Phi) is 4.42. The second kappa shape index (κ2) is 5.83. The molecule has 0 aliphatic heterocycles. The number of nitrogens with one attached hydrogen (secondary N) is 1. The monoisotopic (exact) mass is 281 g/mol. The topological polar surface area (TPSA) is 12.0 Å². The predicted molar refractivity (Wildman–Crippen MR) is 72.8 cm³/mol. The van der Waals surface area contributed by atoms with Gasteiger partial charge in [0.05, 0.1) is 0 Å². The Morgan fingerprint density at radius 3 is 2.75 bits per heavy atom. The van der Waals surface area contributed by atoms with Crippen LogP contribution < -0.4 is 5.32 Å². The van der Waals surface area contributed by atoms with E-state index in [9.17, 15) is 0 Å². The van der Waals surface area contributed by atoms with E-state index in [1.807, 2.05) is 0 Å². The molecule has 1 aromatic rings. The van der Waals surface area contributed by atoms with Crippen LogP contribution in [0.1, 0.15) is 44.1 Å². The van der Waals surface area contributed by atoms with Gasteiger partial charge in [-0.3, -0.25) is 0 Å². The molecule has 1 N–H and O–H groups in total. The van der Waals surface area contributed by atoms with Crippen molar-refractivity contribution in [1.29, 1.82) is 0 Å².